The fraction of sp³-hybridized carbons (Fsp3) is 0.611. The standard InChI is InChI=1S/C18H26N2O/c1-18(2,21)13-20(3)17-11-15(9-10-16(17)12-19)14-7-5-4-6-8-14/h4-8,15-17,21H,9-11,13H2,1-3H3. The molecule has 1 fully saturated rings. The van der Waals surface area contributed by atoms with Crippen LogP contribution in [0.5, 0.6) is 0 Å². The van der Waals surface area contributed by atoms with Gasteiger partial charge in [-0.3, -0.25) is 4.90 Å². The molecule has 0 amide bonds. The summed E-state index contributed by atoms with van der Waals surface area (Å²) in [5, 5.41) is 19.5. The second kappa shape index (κ2) is 6.60. The van der Waals surface area contributed by atoms with Gasteiger partial charge in [-0.15, -0.1) is 0 Å². The van der Waals surface area contributed by atoms with Gasteiger partial charge in [-0.1, -0.05) is 30.3 Å². The van der Waals surface area contributed by atoms with Gasteiger partial charge in [0.15, 0.2) is 0 Å². The summed E-state index contributed by atoms with van der Waals surface area (Å²) in [6.07, 6.45) is 3.01. The predicted octanol–water partition coefficient (Wildman–Crippen LogP) is 3.17. The summed E-state index contributed by atoms with van der Waals surface area (Å²) in [6.45, 7) is 4.24. The number of aliphatic hydroxyl groups is 1. The molecule has 1 aromatic rings. The van der Waals surface area contributed by atoms with Crippen LogP contribution < -0.4 is 0 Å². The molecule has 0 heterocycles. The van der Waals surface area contributed by atoms with Gasteiger partial charge < -0.3 is 5.11 Å². The summed E-state index contributed by atoms with van der Waals surface area (Å²) in [6, 6.07) is 13.3. The van der Waals surface area contributed by atoms with Crippen molar-refractivity contribution in [2.75, 3.05) is 13.6 Å². The monoisotopic (exact) mass is 286 g/mol. The van der Waals surface area contributed by atoms with Gasteiger partial charge in [-0.2, -0.15) is 5.26 Å². The number of rotatable bonds is 4. The summed E-state index contributed by atoms with van der Waals surface area (Å²) in [4.78, 5) is 2.17. The van der Waals surface area contributed by atoms with Crippen LogP contribution in [-0.4, -0.2) is 35.2 Å². The highest BCUT2D eigenvalue weighted by molar-refractivity contribution is 5.21. The number of nitrogens with zero attached hydrogens (tertiary/aromatic N) is 2. The fourth-order valence-electron chi connectivity index (χ4n) is 3.54. The van der Waals surface area contributed by atoms with Crippen molar-refractivity contribution in [2.24, 2.45) is 5.92 Å². The van der Waals surface area contributed by atoms with Crippen LogP contribution in [-0.2, 0) is 0 Å². The molecule has 1 N–H and O–H groups in total. The molecule has 3 atom stereocenters. The Morgan fingerprint density at radius 2 is 1.95 bits per heavy atom. The Bertz CT molecular complexity index is 486. The van der Waals surface area contributed by atoms with Crippen LogP contribution >= 0.6 is 0 Å². The minimum atomic E-state index is -0.728. The highest BCUT2D eigenvalue weighted by atomic mass is 16.3. The third kappa shape index (κ3) is 4.30. The van der Waals surface area contributed by atoms with Gasteiger partial charge in [0.05, 0.1) is 17.6 Å². The first-order valence-electron chi connectivity index (χ1n) is 7.78. The first kappa shape index (κ1) is 16.0. The Morgan fingerprint density at radius 1 is 1.29 bits per heavy atom. The van der Waals surface area contributed by atoms with E-state index in [1.807, 2.05) is 27.0 Å². The third-order valence-corrected chi connectivity index (χ3v) is 4.46. The molecule has 114 valence electrons. The highest BCUT2D eigenvalue weighted by Crippen LogP contribution is 2.37. The lowest BCUT2D eigenvalue weighted by Crippen LogP contribution is -2.47. The molecule has 0 radical (unpaired) electrons. The topological polar surface area (TPSA) is 47.3 Å². The number of nitriles is 1. The molecule has 1 saturated carbocycles. The lowest BCUT2D eigenvalue weighted by Gasteiger charge is -2.40. The molecule has 0 saturated heterocycles. The highest BCUT2D eigenvalue weighted by Gasteiger charge is 2.35. The second-order valence-electron chi connectivity index (χ2n) is 6.95. The van der Waals surface area contributed by atoms with Gasteiger partial charge in [-0.05, 0) is 51.6 Å². The average molecular weight is 286 g/mol. The van der Waals surface area contributed by atoms with Crippen LogP contribution in [0.15, 0.2) is 30.3 Å². The van der Waals surface area contributed by atoms with E-state index in [2.05, 4.69) is 35.2 Å². The lowest BCUT2D eigenvalue weighted by atomic mass is 9.75. The summed E-state index contributed by atoms with van der Waals surface area (Å²) in [5.74, 6) is 0.586. The van der Waals surface area contributed by atoms with Crippen LogP contribution in [0.4, 0.5) is 0 Å². The summed E-state index contributed by atoms with van der Waals surface area (Å²) in [7, 11) is 2.03. The molecular weight excluding hydrogens is 260 g/mol. The zero-order valence-electron chi connectivity index (χ0n) is 13.3. The Morgan fingerprint density at radius 3 is 2.52 bits per heavy atom. The molecule has 0 aromatic heterocycles. The quantitative estimate of drug-likeness (QED) is 0.925. The first-order chi connectivity index (χ1) is 9.90. The third-order valence-electron chi connectivity index (χ3n) is 4.46. The van der Waals surface area contributed by atoms with Crippen LogP contribution in [0, 0.1) is 17.2 Å². The lowest BCUT2D eigenvalue weighted by molar-refractivity contribution is 0.0168. The second-order valence-corrected chi connectivity index (χ2v) is 6.95. The largest absolute Gasteiger partial charge is 0.389 e. The van der Waals surface area contributed by atoms with Gasteiger partial charge in [0.25, 0.3) is 0 Å². The predicted molar refractivity (Wildman–Crippen MR) is 84.9 cm³/mol. The van der Waals surface area contributed by atoms with Gasteiger partial charge in [0, 0.05) is 12.6 Å². The van der Waals surface area contributed by atoms with Crippen molar-refractivity contribution in [3.05, 3.63) is 35.9 Å². The maximum Gasteiger partial charge on any atom is 0.0718 e. The van der Waals surface area contributed by atoms with E-state index in [9.17, 15) is 10.4 Å². The van der Waals surface area contributed by atoms with E-state index in [0.29, 0.717) is 12.5 Å². The first-order valence-corrected chi connectivity index (χ1v) is 7.78. The molecule has 2 rings (SSSR count). The van der Waals surface area contributed by atoms with Crippen LogP contribution in [0.2, 0.25) is 0 Å². The van der Waals surface area contributed by atoms with E-state index in [-0.39, 0.29) is 12.0 Å². The van der Waals surface area contributed by atoms with Gasteiger partial charge in [-0.25, -0.2) is 0 Å². The van der Waals surface area contributed by atoms with Crippen molar-refractivity contribution in [2.45, 2.75) is 50.7 Å². The summed E-state index contributed by atoms with van der Waals surface area (Å²) >= 11 is 0. The molecule has 1 aliphatic rings. The number of benzene rings is 1. The van der Waals surface area contributed by atoms with E-state index in [1.165, 1.54) is 5.56 Å². The molecular formula is C18H26N2O. The summed E-state index contributed by atoms with van der Waals surface area (Å²) in [5.41, 5.74) is 0.643. The zero-order valence-corrected chi connectivity index (χ0v) is 13.3. The van der Waals surface area contributed by atoms with Gasteiger partial charge >= 0.3 is 0 Å². The maximum absolute atomic E-state index is 10.0. The molecule has 0 bridgehead atoms. The van der Waals surface area contributed by atoms with Crippen LogP contribution in [0.1, 0.15) is 44.6 Å². The van der Waals surface area contributed by atoms with E-state index < -0.39 is 5.60 Å². The minimum Gasteiger partial charge on any atom is -0.389 e. The molecule has 1 aliphatic carbocycles. The number of hydrogen-bond acceptors (Lipinski definition) is 3. The Labute approximate surface area is 128 Å². The molecule has 0 spiro atoms. The molecule has 3 unspecified atom stereocenters. The molecule has 0 aliphatic heterocycles. The fourth-order valence-corrected chi connectivity index (χ4v) is 3.54. The van der Waals surface area contributed by atoms with E-state index in [4.69, 9.17) is 0 Å². The molecule has 3 heteroatoms. The Balaban J connectivity index is 2.11. The molecule has 21 heavy (non-hydrogen) atoms. The maximum atomic E-state index is 10.0. The molecule has 3 nitrogen and oxygen atoms in total. The zero-order chi connectivity index (χ0) is 15.5. The minimum absolute atomic E-state index is 0.0670. The smallest absolute Gasteiger partial charge is 0.0718 e. The van der Waals surface area contributed by atoms with Crippen molar-refractivity contribution < 1.29 is 5.11 Å². The normalized spacial score (nSPS) is 26.6. The Kier molecular flexibility index (Phi) is 5.03. The Hall–Kier alpha value is -1.37. The van der Waals surface area contributed by atoms with Crippen molar-refractivity contribution in [1.29, 1.82) is 5.26 Å². The molecule has 1 aromatic carbocycles. The van der Waals surface area contributed by atoms with Gasteiger partial charge in [0.2, 0.25) is 0 Å². The number of hydrogen-bond donors (Lipinski definition) is 1. The van der Waals surface area contributed by atoms with E-state index in [1.54, 1.807) is 0 Å². The number of likely N-dealkylation sites (N-methyl/N-ethyl adjacent to an activating group) is 1. The SMILES string of the molecule is CN(CC(C)(C)O)C1CC(c2ccccc2)CCC1C#N. The van der Waals surface area contributed by atoms with E-state index >= 15 is 0 Å². The average Bonchev–Trinajstić information content (AvgIpc) is 2.45. The van der Waals surface area contributed by atoms with Crippen molar-refractivity contribution in [1.82, 2.24) is 4.90 Å². The summed E-state index contributed by atoms with van der Waals surface area (Å²) < 4.78 is 0. The van der Waals surface area contributed by atoms with Crippen molar-refractivity contribution in [3.8, 4) is 6.07 Å². The van der Waals surface area contributed by atoms with Gasteiger partial charge in [0.1, 0.15) is 0 Å². The van der Waals surface area contributed by atoms with E-state index in [0.717, 1.165) is 19.3 Å². The van der Waals surface area contributed by atoms with Crippen molar-refractivity contribution >= 4 is 0 Å². The van der Waals surface area contributed by atoms with Crippen molar-refractivity contribution in [3.63, 3.8) is 0 Å². The van der Waals surface area contributed by atoms with Crippen LogP contribution in [0.3, 0.4) is 0 Å². The van der Waals surface area contributed by atoms with Crippen LogP contribution in [0.25, 0.3) is 0 Å².